The summed E-state index contributed by atoms with van der Waals surface area (Å²) in [6.45, 7) is 6.35. The summed E-state index contributed by atoms with van der Waals surface area (Å²) in [5, 5.41) is 7.03. The Labute approximate surface area is 107 Å². The number of aryl methyl sites for hydroxylation is 1. The van der Waals surface area contributed by atoms with Gasteiger partial charge in [-0.1, -0.05) is 13.3 Å². The van der Waals surface area contributed by atoms with E-state index in [1.807, 2.05) is 14.0 Å². The van der Waals surface area contributed by atoms with Gasteiger partial charge in [0.1, 0.15) is 12.2 Å². The largest absolute Gasteiger partial charge is 0.353 e. The SMILES string of the molecule is CCC[C@@]1(C)C(=O)NCCN1Cc1ncnn1C. The van der Waals surface area contributed by atoms with E-state index in [1.165, 1.54) is 0 Å². The summed E-state index contributed by atoms with van der Waals surface area (Å²) in [6.07, 6.45) is 3.40. The maximum atomic E-state index is 12.1. The van der Waals surface area contributed by atoms with Crippen molar-refractivity contribution in [3.8, 4) is 0 Å². The number of hydrogen-bond acceptors (Lipinski definition) is 4. The van der Waals surface area contributed by atoms with E-state index in [2.05, 4.69) is 27.2 Å². The van der Waals surface area contributed by atoms with Crippen LogP contribution in [0.3, 0.4) is 0 Å². The smallest absolute Gasteiger partial charge is 0.240 e. The molecule has 0 radical (unpaired) electrons. The molecule has 1 aromatic heterocycles. The van der Waals surface area contributed by atoms with E-state index in [-0.39, 0.29) is 5.91 Å². The molecule has 6 heteroatoms. The second-order valence-electron chi connectivity index (χ2n) is 5.00. The highest BCUT2D eigenvalue weighted by molar-refractivity contribution is 5.86. The summed E-state index contributed by atoms with van der Waals surface area (Å²) in [7, 11) is 1.88. The topological polar surface area (TPSA) is 63.1 Å². The summed E-state index contributed by atoms with van der Waals surface area (Å²) < 4.78 is 1.76. The van der Waals surface area contributed by atoms with E-state index in [1.54, 1.807) is 11.0 Å². The van der Waals surface area contributed by atoms with Crippen molar-refractivity contribution in [3.63, 3.8) is 0 Å². The van der Waals surface area contributed by atoms with Crippen molar-refractivity contribution in [2.45, 2.75) is 38.8 Å². The first-order chi connectivity index (χ1) is 8.58. The van der Waals surface area contributed by atoms with Crippen LogP contribution < -0.4 is 5.32 Å². The zero-order chi connectivity index (χ0) is 13.2. The molecule has 1 amide bonds. The highest BCUT2D eigenvalue weighted by Crippen LogP contribution is 2.25. The Hall–Kier alpha value is -1.43. The Balaban J connectivity index is 2.18. The van der Waals surface area contributed by atoms with E-state index >= 15 is 0 Å². The first-order valence-electron chi connectivity index (χ1n) is 6.44. The number of rotatable bonds is 4. The number of nitrogens with one attached hydrogen (secondary N) is 1. The third-order valence-corrected chi connectivity index (χ3v) is 3.73. The molecule has 1 fully saturated rings. The maximum Gasteiger partial charge on any atom is 0.240 e. The monoisotopic (exact) mass is 251 g/mol. The minimum atomic E-state index is -0.432. The van der Waals surface area contributed by atoms with Crippen molar-refractivity contribution in [2.24, 2.45) is 7.05 Å². The van der Waals surface area contributed by atoms with Gasteiger partial charge in [0.05, 0.1) is 12.1 Å². The predicted molar refractivity (Wildman–Crippen MR) is 67.7 cm³/mol. The van der Waals surface area contributed by atoms with Crippen molar-refractivity contribution < 1.29 is 4.79 Å². The average molecular weight is 251 g/mol. The van der Waals surface area contributed by atoms with Crippen molar-refractivity contribution >= 4 is 5.91 Å². The van der Waals surface area contributed by atoms with Gasteiger partial charge in [-0.3, -0.25) is 14.4 Å². The summed E-state index contributed by atoms with van der Waals surface area (Å²) in [6, 6.07) is 0. The Kier molecular flexibility index (Phi) is 3.65. The standard InChI is InChI=1S/C12H21N5O/c1-4-5-12(2)11(18)13-6-7-17(12)8-10-14-9-15-16(10)3/h9H,4-8H2,1-3H3,(H,13,18)/t12-/m0/s1. The van der Waals surface area contributed by atoms with Crippen LogP contribution in [0.4, 0.5) is 0 Å². The fourth-order valence-electron chi connectivity index (χ4n) is 2.53. The minimum absolute atomic E-state index is 0.123. The van der Waals surface area contributed by atoms with Crippen LogP contribution in [0, 0.1) is 0 Å². The molecule has 6 nitrogen and oxygen atoms in total. The molecule has 1 aromatic rings. The van der Waals surface area contributed by atoms with Gasteiger partial charge in [0.25, 0.3) is 0 Å². The molecule has 1 aliphatic heterocycles. The number of amides is 1. The molecule has 2 heterocycles. The molecule has 0 aliphatic carbocycles. The summed E-state index contributed by atoms with van der Waals surface area (Å²) in [5.74, 6) is 1.02. The van der Waals surface area contributed by atoms with E-state index in [4.69, 9.17) is 0 Å². The molecule has 2 rings (SSSR count). The van der Waals surface area contributed by atoms with Gasteiger partial charge in [0.2, 0.25) is 5.91 Å². The molecule has 0 saturated carbocycles. The number of piperazine rings is 1. The maximum absolute atomic E-state index is 12.1. The van der Waals surface area contributed by atoms with E-state index in [0.29, 0.717) is 13.1 Å². The van der Waals surface area contributed by atoms with Crippen molar-refractivity contribution in [3.05, 3.63) is 12.2 Å². The normalized spacial score (nSPS) is 25.2. The van der Waals surface area contributed by atoms with E-state index in [0.717, 1.165) is 25.2 Å². The Morgan fingerprint density at radius 2 is 2.33 bits per heavy atom. The molecule has 0 aromatic carbocycles. The molecule has 1 N–H and O–H groups in total. The molecule has 1 aliphatic rings. The fraction of sp³-hybridized carbons (Fsp3) is 0.750. The molecular weight excluding hydrogens is 230 g/mol. The lowest BCUT2D eigenvalue weighted by atomic mass is 9.90. The second kappa shape index (κ2) is 5.06. The van der Waals surface area contributed by atoms with E-state index in [9.17, 15) is 4.79 Å². The van der Waals surface area contributed by atoms with Gasteiger partial charge in [-0.05, 0) is 13.3 Å². The fourth-order valence-corrected chi connectivity index (χ4v) is 2.53. The van der Waals surface area contributed by atoms with Crippen LogP contribution in [-0.2, 0) is 18.4 Å². The van der Waals surface area contributed by atoms with Gasteiger partial charge in [0, 0.05) is 20.1 Å². The Bertz CT molecular complexity index is 430. The van der Waals surface area contributed by atoms with Crippen molar-refractivity contribution in [1.82, 2.24) is 25.0 Å². The lowest BCUT2D eigenvalue weighted by Gasteiger charge is -2.43. The average Bonchev–Trinajstić information content (AvgIpc) is 2.72. The summed E-state index contributed by atoms with van der Waals surface area (Å²) in [5.41, 5.74) is -0.432. The molecule has 1 saturated heterocycles. The van der Waals surface area contributed by atoms with Crippen LogP contribution >= 0.6 is 0 Å². The molecular formula is C12H21N5O. The van der Waals surface area contributed by atoms with Gasteiger partial charge in [-0.25, -0.2) is 4.98 Å². The number of nitrogens with zero attached hydrogens (tertiary/aromatic N) is 4. The van der Waals surface area contributed by atoms with Gasteiger partial charge in [-0.2, -0.15) is 5.10 Å². The van der Waals surface area contributed by atoms with Crippen LogP contribution in [0.5, 0.6) is 0 Å². The quantitative estimate of drug-likeness (QED) is 0.836. The van der Waals surface area contributed by atoms with Gasteiger partial charge < -0.3 is 5.32 Å². The third-order valence-electron chi connectivity index (χ3n) is 3.73. The Morgan fingerprint density at radius 3 is 2.94 bits per heavy atom. The number of hydrogen-bond donors (Lipinski definition) is 1. The molecule has 18 heavy (non-hydrogen) atoms. The molecule has 0 spiro atoms. The van der Waals surface area contributed by atoms with Gasteiger partial charge in [0.15, 0.2) is 0 Å². The van der Waals surface area contributed by atoms with Crippen LogP contribution in [-0.4, -0.2) is 44.2 Å². The first-order valence-corrected chi connectivity index (χ1v) is 6.44. The number of carbonyl (C=O) groups is 1. The second-order valence-corrected chi connectivity index (χ2v) is 5.00. The molecule has 100 valence electrons. The van der Waals surface area contributed by atoms with Crippen LogP contribution in [0.25, 0.3) is 0 Å². The summed E-state index contributed by atoms with van der Waals surface area (Å²) in [4.78, 5) is 18.6. The minimum Gasteiger partial charge on any atom is -0.353 e. The first kappa shape index (κ1) is 13.0. The van der Waals surface area contributed by atoms with Gasteiger partial charge in [-0.15, -0.1) is 0 Å². The molecule has 1 atom stereocenters. The highest BCUT2D eigenvalue weighted by Gasteiger charge is 2.41. The summed E-state index contributed by atoms with van der Waals surface area (Å²) >= 11 is 0. The van der Waals surface area contributed by atoms with Crippen molar-refractivity contribution in [1.29, 1.82) is 0 Å². The Morgan fingerprint density at radius 1 is 1.56 bits per heavy atom. The van der Waals surface area contributed by atoms with E-state index < -0.39 is 5.54 Å². The molecule has 0 unspecified atom stereocenters. The van der Waals surface area contributed by atoms with Crippen LogP contribution in [0.2, 0.25) is 0 Å². The number of aromatic nitrogens is 3. The van der Waals surface area contributed by atoms with Crippen molar-refractivity contribution in [2.75, 3.05) is 13.1 Å². The predicted octanol–water partition coefficient (Wildman–Crippen LogP) is 0.306. The van der Waals surface area contributed by atoms with Crippen LogP contribution in [0.1, 0.15) is 32.5 Å². The lowest BCUT2D eigenvalue weighted by Crippen LogP contribution is -2.62. The third kappa shape index (κ3) is 2.25. The zero-order valence-corrected chi connectivity index (χ0v) is 11.3. The van der Waals surface area contributed by atoms with Gasteiger partial charge >= 0.3 is 0 Å². The molecule has 0 bridgehead atoms. The highest BCUT2D eigenvalue weighted by atomic mass is 16.2. The zero-order valence-electron chi connectivity index (χ0n) is 11.3. The number of carbonyl (C=O) groups excluding carboxylic acids is 1. The van der Waals surface area contributed by atoms with Crippen LogP contribution in [0.15, 0.2) is 6.33 Å². The lowest BCUT2D eigenvalue weighted by molar-refractivity contribution is -0.137.